The Morgan fingerprint density at radius 1 is 0.560 bits per heavy atom. The van der Waals surface area contributed by atoms with Gasteiger partial charge in [-0.2, -0.15) is 5.26 Å². The number of nitrogens with zero attached hydrogens (tertiary/aromatic N) is 5. The molecule has 3 aromatic heterocycles. The molecule has 10 aromatic rings. The molecule has 6 heteroatoms. The van der Waals surface area contributed by atoms with E-state index in [1.807, 2.05) is 18.2 Å². The summed E-state index contributed by atoms with van der Waals surface area (Å²) in [5.41, 5.74) is 12.1. The second-order valence-corrected chi connectivity index (χ2v) is 13.1. The molecule has 5 nitrogen and oxygen atoms in total. The highest BCUT2D eigenvalue weighted by atomic mass is 15.0. The lowest BCUT2D eigenvalue weighted by molar-refractivity contribution is 1.18. The number of hydrogen-bond acceptors (Lipinski definition) is 1. The van der Waals surface area contributed by atoms with Crippen molar-refractivity contribution in [3.8, 4) is 17.4 Å². The third-order valence-corrected chi connectivity index (χ3v) is 10.7. The highest BCUT2D eigenvalue weighted by molar-refractivity contribution is 6.89. The molecule has 0 saturated carbocycles. The molecule has 11 rings (SSSR count). The number of aromatic nitrogens is 3. The highest BCUT2D eigenvalue weighted by Gasteiger charge is 2.38. The van der Waals surface area contributed by atoms with Crippen LogP contribution >= 0.6 is 0 Å². The van der Waals surface area contributed by atoms with Gasteiger partial charge >= 0.3 is 6.85 Å². The summed E-state index contributed by atoms with van der Waals surface area (Å²) in [6, 6.07) is 53.7. The van der Waals surface area contributed by atoms with Crippen molar-refractivity contribution < 1.29 is 0 Å². The summed E-state index contributed by atoms with van der Waals surface area (Å²) in [5.74, 6) is 0. The van der Waals surface area contributed by atoms with Crippen LogP contribution in [0.15, 0.2) is 146 Å². The van der Waals surface area contributed by atoms with Gasteiger partial charge in [-0.15, -0.1) is 0 Å². The van der Waals surface area contributed by atoms with Crippen LogP contribution in [0.25, 0.3) is 81.6 Å². The van der Waals surface area contributed by atoms with Gasteiger partial charge in [0.2, 0.25) is 0 Å². The van der Waals surface area contributed by atoms with Crippen molar-refractivity contribution in [2.45, 2.75) is 0 Å². The summed E-state index contributed by atoms with van der Waals surface area (Å²) >= 11 is 0. The zero-order valence-electron chi connectivity index (χ0n) is 26.7. The maximum absolute atomic E-state index is 10.8. The molecule has 0 fully saturated rings. The molecule has 1 aliphatic heterocycles. The zero-order chi connectivity index (χ0) is 33.1. The lowest BCUT2D eigenvalue weighted by atomic mass is 9.47. The molecule has 0 saturated heterocycles. The molecule has 0 radical (unpaired) electrons. The lowest BCUT2D eigenvalue weighted by Gasteiger charge is -2.29. The summed E-state index contributed by atoms with van der Waals surface area (Å²) in [6.45, 7) is 7.48. The second-order valence-electron chi connectivity index (χ2n) is 13.1. The van der Waals surface area contributed by atoms with Gasteiger partial charge in [0.15, 0.2) is 5.69 Å². The van der Waals surface area contributed by atoms with Crippen LogP contribution in [0.2, 0.25) is 0 Å². The van der Waals surface area contributed by atoms with Crippen LogP contribution in [0.5, 0.6) is 0 Å². The van der Waals surface area contributed by atoms with E-state index in [0.717, 1.165) is 66.2 Å². The number of benzene rings is 7. The molecule has 228 valence electrons. The first-order chi connectivity index (χ1) is 24.8. The predicted molar refractivity (Wildman–Crippen MR) is 206 cm³/mol. The molecular weight excluding hydrogens is 609 g/mol. The second kappa shape index (κ2) is 9.76. The quantitative estimate of drug-likeness (QED) is 0.138. The van der Waals surface area contributed by atoms with E-state index in [2.05, 4.69) is 152 Å². The molecular formula is C44H24BN5. The van der Waals surface area contributed by atoms with Crippen molar-refractivity contribution in [3.05, 3.63) is 163 Å². The Morgan fingerprint density at radius 3 is 2.08 bits per heavy atom. The van der Waals surface area contributed by atoms with Gasteiger partial charge in [-0.1, -0.05) is 97.1 Å². The van der Waals surface area contributed by atoms with Crippen molar-refractivity contribution >= 4 is 88.9 Å². The fourth-order valence-electron chi connectivity index (χ4n) is 8.82. The average Bonchev–Trinajstić information content (AvgIpc) is 3.81. The third-order valence-electron chi connectivity index (χ3n) is 10.7. The molecule has 0 amide bonds. The van der Waals surface area contributed by atoms with Gasteiger partial charge in [0.1, 0.15) is 0 Å². The Labute approximate surface area is 287 Å². The van der Waals surface area contributed by atoms with Crippen molar-refractivity contribution in [3.63, 3.8) is 0 Å². The first kappa shape index (κ1) is 27.0. The lowest BCUT2D eigenvalue weighted by Crippen LogP contribution is -2.54. The fraction of sp³-hybridized carbons (Fsp3) is 0. The standard InChI is InChI=1S/C44H24BN5/c1-47-28-20-22-31-33-21-19-27(26-46)42-44(33)49(40(31)25-28)38-18-10-7-15-35(38)45(42)50-37-17-9-5-13-30(37)32-23-24-39-41(43(32)50)34-14-6-8-16-36(34)48(39)29-11-3-2-4-12-29/h2-25H. The molecule has 50 heavy (non-hydrogen) atoms. The summed E-state index contributed by atoms with van der Waals surface area (Å²) in [5, 5.41) is 17.7. The van der Waals surface area contributed by atoms with Crippen LogP contribution in [0.3, 0.4) is 0 Å². The van der Waals surface area contributed by atoms with E-state index in [9.17, 15) is 5.26 Å². The van der Waals surface area contributed by atoms with E-state index in [1.54, 1.807) is 0 Å². The van der Waals surface area contributed by atoms with E-state index < -0.39 is 0 Å². The van der Waals surface area contributed by atoms with Gasteiger partial charge in [0.25, 0.3) is 0 Å². The minimum atomic E-state index is -0.298. The molecule has 0 unspecified atom stereocenters. The van der Waals surface area contributed by atoms with Gasteiger partial charge in [0, 0.05) is 60.2 Å². The molecule has 0 atom stereocenters. The van der Waals surface area contributed by atoms with E-state index in [1.165, 1.54) is 21.5 Å². The fourth-order valence-corrected chi connectivity index (χ4v) is 8.82. The van der Waals surface area contributed by atoms with E-state index in [0.29, 0.717) is 11.3 Å². The first-order valence-electron chi connectivity index (χ1n) is 16.7. The largest absolute Gasteiger partial charge is 0.375 e. The molecule has 0 N–H and O–H groups in total. The van der Waals surface area contributed by atoms with Crippen LogP contribution in [0.1, 0.15) is 5.56 Å². The summed E-state index contributed by atoms with van der Waals surface area (Å²) in [7, 11) is 0. The van der Waals surface area contributed by atoms with Crippen LogP contribution in [-0.2, 0) is 0 Å². The van der Waals surface area contributed by atoms with Crippen LogP contribution in [0.4, 0.5) is 5.69 Å². The minimum absolute atomic E-state index is 0.298. The van der Waals surface area contributed by atoms with Crippen molar-refractivity contribution in [2.24, 2.45) is 0 Å². The van der Waals surface area contributed by atoms with Crippen molar-refractivity contribution in [2.75, 3.05) is 0 Å². The third kappa shape index (κ3) is 3.30. The molecule has 0 spiro atoms. The summed E-state index contributed by atoms with van der Waals surface area (Å²) in [4.78, 5) is 3.78. The maximum atomic E-state index is 10.8. The monoisotopic (exact) mass is 633 g/mol. The Morgan fingerprint density at radius 2 is 1.24 bits per heavy atom. The molecule has 4 heterocycles. The van der Waals surface area contributed by atoms with Gasteiger partial charge in [-0.3, -0.25) is 0 Å². The topological polar surface area (TPSA) is 42.9 Å². The summed E-state index contributed by atoms with van der Waals surface area (Å²) < 4.78 is 7.16. The van der Waals surface area contributed by atoms with Crippen molar-refractivity contribution in [1.29, 1.82) is 5.26 Å². The Balaban J connectivity index is 1.38. The molecule has 7 aromatic carbocycles. The zero-order valence-corrected chi connectivity index (χ0v) is 26.7. The predicted octanol–water partition coefficient (Wildman–Crippen LogP) is 9.38. The van der Waals surface area contributed by atoms with Crippen LogP contribution in [-0.4, -0.2) is 20.5 Å². The number of nitriles is 1. The van der Waals surface area contributed by atoms with Gasteiger partial charge in [-0.25, -0.2) is 4.85 Å². The number of fused-ring (bicyclic) bond motifs is 12. The number of para-hydroxylation sites is 4. The average molecular weight is 634 g/mol. The smallest absolute Gasteiger partial charge is 0.333 e. The number of rotatable bonds is 2. The normalized spacial score (nSPS) is 12.3. The van der Waals surface area contributed by atoms with E-state index in [-0.39, 0.29) is 6.85 Å². The van der Waals surface area contributed by atoms with Gasteiger partial charge in [-0.05, 0) is 59.5 Å². The number of hydrogen-bond donors (Lipinski definition) is 0. The van der Waals surface area contributed by atoms with Gasteiger partial charge < -0.3 is 13.6 Å². The molecule has 0 bridgehead atoms. The summed E-state index contributed by atoms with van der Waals surface area (Å²) in [6.07, 6.45) is 0. The van der Waals surface area contributed by atoms with Gasteiger partial charge in [0.05, 0.1) is 34.8 Å². The molecule has 1 aliphatic rings. The SMILES string of the molecule is [C-]#[N+]c1ccc2c3ccc(C#N)c4c3n(c2c1)-c1ccccc1B4n1c2ccccc2c2ccc3c(c4ccccc4n3-c3ccccc3)c21. The Bertz CT molecular complexity index is 3180. The van der Waals surface area contributed by atoms with E-state index >= 15 is 0 Å². The molecule has 0 aliphatic carbocycles. The van der Waals surface area contributed by atoms with Crippen LogP contribution in [0, 0.1) is 17.9 Å². The Hall–Kier alpha value is -7.02. The van der Waals surface area contributed by atoms with E-state index in [4.69, 9.17) is 6.57 Å². The highest BCUT2D eigenvalue weighted by Crippen LogP contribution is 2.42. The first-order valence-corrected chi connectivity index (χ1v) is 16.7. The van der Waals surface area contributed by atoms with Crippen LogP contribution < -0.4 is 10.9 Å². The Kier molecular flexibility index (Phi) is 5.27. The maximum Gasteiger partial charge on any atom is 0.333 e. The minimum Gasteiger partial charge on any atom is -0.375 e. The van der Waals surface area contributed by atoms with Crippen molar-refractivity contribution in [1.82, 2.24) is 13.6 Å².